The van der Waals surface area contributed by atoms with Crippen LogP contribution in [0.3, 0.4) is 0 Å². The zero-order valence-electron chi connectivity index (χ0n) is 14.0. The van der Waals surface area contributed by atoms with Crippen molar-refractivity contribution in [2.24, 2.45) is 0 Å². The van der Waals surface area contributed by atoms with E-state index in [1.807, 2.05) is 0 Å². The Kier molecular flexibility index (Phi) is 5.17. The van der Waals surface area contributed by atoms with Gasteiger partial charge >= 0.3 is 5.97 Å². The van der Waals surface area contributed by atoms with E-state index < -0.39 is 23.7 Å². The van der Waals surface area contributed by atoms with Crippen LogP contribution in [0.15, 0.2) is 36.8 Å². The molecule has 27 heavy (non-hydrogen) atoms. The van der Waals surface area contributed by atoms with Crippen molar-refractivity contribution < 1.29 is 19.1 Å². The molecule has 1 atom stereocenters. The molecule has 2 aromatic heterocycles. The highest BCUT2D eigenvalue weighted by Gasteiger charge is 2.22. The standard InChI is InChI=1S/C16H14ClFN6O3/c1-9(24-13(15(26)27)4-5-20-24)14(25)21-16-19-8-23(22-16)7-10-2-3-11(18)6-12(10)17/h2-6,8-9H,7H2,1H3,(H,26,27)(H,21,22,25). The Morgan fingerprint density at radius 1 is 1.37 bits per heavy atom. The second kappa shape index (κ2) is 7.54. The first-order valence-electron chi connectivity index (χ1n) is 7.76. The van der Waals surface area contributed by atoms with E-state index in [4.69, 9.17) is 16.7 Å². The number of benzene rings is 1. The van der Waals surface area contributed by atoms with Gasteiger partial charge in [0.25, 0.3) is 5.91 Å². The van der Waals surface area contributed by atoms with E-state index >= 15 is 0 Å². The number of amides is 1. The Bertz CT molecular complexity index is 1000. The number of carboxylic acids is 1. The number of anilines is 1. The van der Waals surface area contributed by atoms with Gasteiger partial charge in [0.1, 0.15) is 23.9 Å². The Balaban J connectivity index is 1.69. The van der Waals surface area contributed by atoms with Crippen LogP contribution in [-0.4, -0.2) is 41.5 Å². The van der Waals surface area contributed by atoms with Crippen LogP contribution in [0.4, 0.5) is 10.3 Å². The third-order valence-corrected chi connectivity index (χ3v) is 4.11. The predicted molar refractivity (Wildman–Crippen MR) is 93.1 cm³/mol. The highest BCUT2D eigenvalue weighted by atomic mass is 35.5. The van der Waals surface area contributed by atoms with Crippen LogP contribution in [-0.2, 0) is 11.3 Å². The highest BCUT2D eigenvalue weighted by molar-refractivity contribution is 6.31. The van der Waals surface area contributed by atoms with Crippen LogP contribution in [0.1, 0.15) is 29.0 Å². The van der Waals surface area contributed by atoms with Gasteiger partial charge in [-0.3, -0.25) is 10.1 Å². The average Bonchev–Trinajstić information content (AvgIpc) is 3.26. The van der Waals surface area contributed by atoms with Crippen molar-refractivity contribution in [1.82, 2.24) is 24.5 Å². The quantitative estimate of drug-likeness (QED) is 0.664. The van der Waals surface area contributed by atoms with Crippen LogP contribution in [0.5, 0.6) is 0 Å². The molecule has 0 aliphatic carbocycles. The van der Waals surface area contributed by atoms with Crippen LogP contribution < -0.4 is 5.32 Å². The van der Waals surface area contributed by atoms with E-state index in [0.717, 1.165) is 4.68 Å². The van der Waals surface area contributed by atoms with Gasteiger partial charge in [-0.05, 0) is 30.7 Å². The first kappa shape index (κ1) is 18.5. The molecule has 0 aliphatic rings. The van der Waals surface area contributed by atoms with Gasteiger partial charge < -0.3 is 5.11 Å². The molecule has 1 unspecified atom stereocenters. The molecular weight excluding hydrogens is 379 g/mol. The molecule has 3 aromatic rings. The first-order chi connectivity index (χ1) is 12.8. The number of rotatable bonds is 6. The molecule has 3 rings (SSSR count). The fraction of sp³-hybridized carbons (Fsp3) is 0.188. The van der Waals surface area contributed by atoms with Gasteiger partial charge in [0.15, 0.2) is 0 Å². The van der Waals surface area contributed by atoms with Gasteiger partial charge in [-0.2, -0.15) is 5.10 Å². The molecule has 2 N–H and O–H groups in total. The number of carbonyl (C=O) groups is 2. The van der Waals surface area contributed by atoms with E-state index in [1.54, 1.807) is 0 Å². The first-order valence-corrected chi connectivity index (χ1v) is 8.14. The van der Waals surface area contributed by atoms with E-state index in [1.165, 1.54) is 48.4 Å². The predicted octanol–water partition coefficient (Wildman–Crippen LogP) is 2.21. The average molecular weight is 393 g/mol. The third kappa shape index (κ3) is 4.11. The van der Waals surface area contributed by atoms with Gasteiger partial charge in [0, 0.05) is 11.2 Å². The molecule has 11 heteroatoms. The molecule has 0 saturated carbocycles. The van der Waals surface area contributed by atoms with Crippen molar-refractivity contribution in [3.63, 3.8) is 0 Å². The van der Waals surface area contributed by atoms with Gasteiger partial charge in [0.05, 0.1) is 6.54 Å². The lowest BCUT2D eigenvalue weighted by Gasteiger charge is -2.12. The Morgan fingerprint density at radius 3 is 2.85 bits per heavy atom. The summed E-state index contributed by atoms with van der Waals surface area (Å²) in [6.07, 6.45) is 2.68. The summed E-state index contributed by atoms with van der Waals surface area (Å²) in [5.74, 6) is -2.12. The van der Waals surface area contributed by atoms with Crippen LogP contribution in [0.2, 0.25) is 5.02 Å². The molecule has 0 aliphatic heterocycles. The summed E-state index contributed by atoms with van der Waals surface area (Å²) in [5.41, 5.74) is 0.527. The number of nitrogens with zero attached hydrogens (tertiary/aromatic N) is 5. The molecule has 0 radical (unpaired) electrons. The zero-order valence-corrected chi connectivity index (χ0v) is 14.8. The largest absolute Gasteiger partial charge is 0.477 e. The molecule has 0 bridgehead atoms. The summed E-state index contributed by atoms with van der Waals surface area (Å²) in [5, 5.41) is 19.8. The molecule has 9 nitrogen and oxygen atoms in total. The lowest BCUT2D eigenvalue weighted by Crippen LogP contribution is -2.27. The molecule has 1 amide bonds. The second-order valence-corrected chi connectivity index (χ2v) is 6.04. The van der Waals surface area contributed by atoms with Crippen LogP contribution in [0.25, 0.3) is 0 Å². The zero-order chi connectivity index (χ0) is 19.6. The van der Waals surface area contributed by atoms with Crippen molar-refractivity contribution in [2.45, 2.75) is 19.5 Å². The molecule has 0 saturated heterocycles. The molecule has 140 valence electrons. The van der Waals surface area contributed by atoms with Crippen LogP contribution >= 0.6 is 11.6 Å². The van der Waals surface area contributed by atoms with Crippen LogP contribution in [0, 0.1) is 5.82 Å². The highest BCUT2D eigenvalue weighted by Crippen LogP contribution is 2.18. The lowest BCUT2D eigenvalue weighted by atomic mass is 10.2. The Labute approximate surface area is 157 Å². The van der Waals surface area contributed by atoms with Crippen molar-refractivity contribution >= 4 is 29.4 Å². The van der Waals surface area contributed by atoms with Crippen molar-refractivity contribution in [3.05, 3.63) is 58.9 Å². The molecular formula is C16H14ClFN6O3. The smallest absolute Gasteiger partial charge is 0.354 e. The number of carboxylic acid groups (broad SMARTS) is 1. The molecule has 0 fully saturated rings. The third-order valence-electron chi connectivity index (χ3n) is 3.75. The van der Waals surface area contributed by atoms with Crippen molar-refractivity contribution in [3.8, 4) is 0 Å². The molecule has 1 aromatic carbocycles. The minimum Gasteiger partial charge on any atom is -0.477 e. The Morgan fingerprint density at radius 2 is 2.15 bits per heavy atom. The number of aromatic carboxylic acids is 1. The number of nitrogens with one attached hydrogen (secondary N) is 1. The fourth-order valence-corrected chi connectivity index (χ4v) is 2.60. The maximum atomic E-state index is 13.1. The summed E-state index contributed by atoms with van der Waals surface area (Å²) in [6, 6.07) is 4.43. The summed E-state index contributed by atoms with van der Waals surface area (Å²) >= 11 is 5.98. The van der Waals surface area contributed by atoms with Gasteiger partial charge in [-0.1, -0.05) is 17.7 Å². The monoisotopic (exact) mass is 392 g/mol. The van der Waals surface area contributed by atoms with Gasteiger partial charge in [-0.15, -0.1) is 5.10 Å². The SMILES string of the molecule is CC(C(=O)Nc1ncn(Cc2ccc(F)cc2Cl)n1)n1nccc1C(=O)O. The maximum absolute atomic E-state index is 13.1. The fourth-order valence-electron chi connectivity index (χ4n) is 2.37. The second-order valence-electron chi connectivity index (χ2n) is 5.63. The van der Waals surface area contributed by atoms with Gasteiger partial charge in [-0.25, -0.2) is 23.5 Å². The minimum atomic E-state index is -1.19. The number of halogens is 2. The molecule has 0 spiro atoms. The Hall–Kier alpha value is -3.27. The van der Waals surface area contributed by atoms with Crippen molar-refractivity contribution in [1.29, 1.82) is 0 Å². The molecule has 2 heterocycles. The lowest BCUT2D eigenvalue weighted by molar-refractivity contribution is -0.119. The minimum absolute atomic E-state index is 0.0362. The number of hydrogen-bond acceptors (Lipinski definition) is 5. The summed E-state index contributed by atoms with van der Waals surface area (Å²) < 4.78 is 15.6. The number of hydrogen-bond donors (Lipinski definition) is 2. The van der Waals surface area contributed by atoms with E-state index in [9.17, 15) is 14.0 Å². The van der Waals surface area contributed by atoms with Gasteiger partial charge in [0.2, 0.25) is 5.95 Å². The van der Waals surface area contributed by atoms with E-state index in [2.05, 4.69) is 20.5 Å². The number of aromatic nitrogens is 5. The normalized spacial score (nSPS) is 12.0. The maximum Gasteiger partial charge on any atom is 0.354 e. The summed E-state index contributed by atoms with van der Waals surface area (Å²) in [4.78, 5) is 27.4. The summed E-state index contributed by atoms with van der Waals surface area (Å²) in [7, 11) is 0. The topological polar surface area (TPSA) is 115 Å². The summed E-state index contributed by atoms with van der Waals surface area (Å²) in [6.45, 7) is 1.74. The van der Waals surface area contributed by atoms with Crippen molar-refractivity contribution in [2.75, 3.05) is 5.32 Å². The number of carbonyl (C=O) groups excluding carboxylic acids is 1. The van der Waals surface area contributed by atoms with E-state index in [0.29, 0.717) is 5.56 Å². The van der Waals surface area contributed by atoms with E-state index in [-0.39, 0.29) is 23.2 Å².